The van der Waals surface area contributed by atoms with Crippen molar-refractivity contribution in [1.29, 1.82) is 0 Å². The van der Waals surface area contributed by atoms with E-state index in [0.29, 0.717) is 22.3 Å². The van der Waals surface area contributed by atoms with E-state index in [2.05, 4.69) is 10.1 Å². The van der Waals surface area contributed by atoms with Gasteiger partial charge in [0, 0.05) is 6.54 Å². The summed E-state index contributed by atoms with van der Waals surface area (Å²) in [6.45, 7) is 2.61. The number of carbonyl (C=O) groups excluding carboxylic acids is 1. The van der Waals surface area contributed by atoms with E-state index >= 15 is 0 Å². The van der Waals surface area contributed by atoms with E-state index in [9.17, 15) is 4.79 Å². The highest BCUT2D eigenvalue weighted by Gasteiger charge is 2.32. The Balaban J connectivity index is 1.92. The summed E-state index contributed by atoms with van der Waals surface area (Å²) < 4.78 is 4.85. The molecule has 1 saturated heterocycles. The number of nitrogens with zero attached hydrogens (tertiary/aromatic N) is 3. The minimum Gasteiger partial charge on any atom is -0.343 e. The first-order valence-corrected chi connectivity index (χ1v) is 8.25. The molecule has 3 heterocycles. The van der Waals surface area contributed by atoms with Crippen molar-refractivity contribution in [2.24, 2.45) is 0 Å². The van der Waals surface area contributed by atoms with Crippen molar-refractivity contribution in [1.82, 2.24) is 15.0 Å². The number of amides is 1. The molecular formula is C14H16ClN3O2S. The van der Waals surface area contributed by atoms with E-state index in [1.807, 2.05) is 17.2 Å². The number of likely N-dealkylation sites (tertiary alicyclic amines) is 1. The van der Waals surface area contributed by atoms with Gasteiger partial charge in [0.25, 0.3) is 5.91 Å². The Kier molecular flexibility index (Phi) is 4.26. The van der Waals surface area contributed by atoms with Crippen molar-refractivity contribution >= 4 is 28.8 Å². The van der Waals surface area contributed by atoms with Crippen LogP contribution in [0.5, 0.6) is 0 Å². The zero-order chi connectivity index (χ0) is 14.8. The molecule has 1 aliphatic rings. The van der Waals surface area contributed by atoms with Crippen molar-refractivity contribution in [2.75, 3.05) is 6.54 Å². The summed E-state index contributed by atoms with van der Waals surface area (Å²) in [5, 5.41) is 6.40. The Morgan fingerprint density at radius 1 is 1.48 bits per heavy atom. The number of rotatable bonds is 2. The molecule has 0 unspecified atom stereocenters. The molecule has 5 nitrogen and oxygen atoms in total. The topological polar surface area (TPSA) is 59.2 Å². The third-order valence-corrected chi connectivity index (χ3v) is 5.47. The number of aromatic nitrogens is 2. The van der Waals surface area contributed by atoms with Gasteiger partial charge >= 0.3 is 0 Å². The molecule has 2 aromatic heterocycles. The van der Waals surface area contributed by atoms with Crippen LogP contribution >= 0.6 is 22.9 Å². The Labute approximate surface area is 131 Å². The lowest BCUT2D eigenvalue weighted by molar-refractivity contribution is 0.0675. The molecule has 1 atom stereocenters. The zero-order valence-electron chi connectivity index (χ0n) is 11.7. The van der Waals surface area contributed by atoms with Crippen LogP contribution in [0.3, 0.4) is 0 Å². The summed E-state index contributed by atoms with van der Waals surface area (Å²) in [7, 11) is 0. The molecular weight excluding hydrogens is 310 g/mol. The van der Waals surface area contributed by atoms with Gasteiger partial charge in [-0.2, -0.15) is 4.98 Å². The highest BCUT2D eigenvalue weighted by Crippen LogP contribution is 2.34. The van der Waals surface area contributed by atoms with E-state index in [1.165, 1.54) is 17.7 Å². The van der Waals surface area contributed by atoms with Crippen molar-refractivity contribution in [2.45, 2.75) is 38.6 Å². The molecule has 2 aromatic rings. The molecule has 1 amide bonds. The van der Waals surface area contributed by atoms with E-state index in [0.717, 1.165) is 31.2 Å². The molecule has 0 aliphatic carbocycles. The van der Waals surface area contributed by atoms with E-state index < -0.39 is 0 Å². The molecule has 0 radical (unpaired) electrons. The van der Waals surface area contributed by atoms with Gasteiger partial charge in [-0.3, -0.25) is 4.79 Å². The molecule has 0 N–H and O–H groups in total. The maximum absolute atomic E-state index is 12.9. The zero-order valence-corrected chi connectivity index (χ0v) is 13.3. The fourth-order valence-corrected chi connectivity index (χ4v) is 3.88. The van der Waals surface area contributed by atoms with Crippen LogP contribution in [0.2, 0.25) is 5.02 Å². The smallest absolute Gasteiger partial charge is 0.266 e. The molecule has 0 bridgehead atoms. The van der Waals surface area contributed by atoms with E-state index in [-0.39, 0.29) is 11.9 Å². The first-order chi connectivity index (χ1) is 10.2. The second-order valence-corrected chi connectivity index (χ2v) is 6.47. The van der Waals surface area contributed by atoms with Gasteiger partial charge in [-0.05, 0) is 30.7 Å². The van der Waals surface area contributed by atoms with Gasteiger partial charge in [0.05, 0.1) is 11.1 Å². The predicted molar refractivity (Wildman–Crippen MR) is 80.6 cm³/mol. The first-order valence-electron chi connectivity index (χ1n) is 6.99. The van der Waals surface area contributed by atoms with Crippen LogP contribution < -0.4 is 0 Å². The lowest BCUT2D eigenvalue weighted by Crippen LogP contribution is -2.35. The molecule has 0 saturated carbocycles. The van der Waals surface area contributed by atoms with E-state index in [4.69, 9.17) is 16.1 Å². The Hall–Kier alpha value is -1.40. The lowest BCUT2D eigenvalue weighted by atomic mass is 10.1. The van der Waals surface area contributed by atoms with Crippen molar-refractivity contribution < 1.29 is 9.32 Å². The van der Waals surface area contributed by atoms with Gasteiger partial charge < -0.3 is 9.42 Å². The van der Waals surface area contributed by atoms with Crippen LogP contribution in [0.15, 0.2) is 16.3 Å². The summed E-state index contributed by atoms with van der Waals surface area (Å²) in [6, 6.07) is -0.128. The van der Waals surface area contributed by atoms with Gasteiger partial charge in [0.1, 0.15) is 4.88 Å². The second-order valence-electron chi connectivity index (χ2n) is 5.21. The number of carbonyl (C=O) groups is 1. The Morgan fingerprint density at radius 3 is 3.00 bits per heavy atom. The molecule has 7 heteroatoms. The monoisotopic (exact) mass is 325 g/mol. The van der Waals surface area contributed by atoms with Gasteiger partial charge in [-0.25, -0.2) is 0 Å². The second kappa shape index (κ2) is 6.15. The number of halogens is 1. The Bertz CT molecular complexity index is 626. The average molecular weight is 326 g/mol. The highest BCUT2D eigenvalue weighted by molar-refractivity contribution is 7.13. The highest BCUT2D eigenvalue weighted by atomic mass is 35.5. The molecule has 112 valence electrons. The quantitative estimate of drug-likeness (QED) is 0.841. The van der Waals surface area contributed by atoms with Crippen LogP contribution in [0.1, 0.15) is 52.8 Å². The minimum absolute atomic E-state index is 0.0326. The van der Waals surface area contributed by atoms with Crippen LogP contribution in [0.4, 0.5) is 0 Å². The molecule has 1 aliphatic heterocycles. The number of hydrogen-bond acceptors (Lipinski definition) is 5. The SMILES string of the molecule is Cc1csc(C(=O)N2CCCCC[C@H]2c2ncon2)c1Cl. The summed E-state index contributed by atoms with van der Waals surface area (Å²) in [6.07, 6.45) is 5.32. The van der Waals surface area contributed by atoms with Crippen molar-refractivity contribution in [3.05, 3.63) is 33.1 Å². The fourth-order valence-electron chi connectivity index (χ4n) is 2.65. The number of aryl methyl sites for hydroxylation is 1. The number of hydrogen-bond donors (Lipinski definition) is 0. The fraction of sp³-hybridized carbons (Fsp3) is 0.500. The maximum Gasteiger partial charge on any atom is 0.266 e. The van der Waals surface area contributed by atoms with E-state index in [1.54, 1.807) is 0 Å². The largest absolute Gasteiger partial charge is 0.343 e. The van der Waals surface area contributed by atoms with Gasteiger partial charge in [-0.1, -0.05) is 29.6 Å². The normalized spacial score (nSPS) is 19.5. The molecule has 1 fully saturated rings. The summed E-state index contributed by atoms with van der Waals surface area (Å²) in [4.78, 5) is 19.4. The van der Waals surface area contributed by atoms with Crippen LogP contribution in [0, 0.1) is 6.92 Å². The summed E-state index contributed by atoms with van der Waals surface area (Å²) in [5.41, 5.74) is 0.941. The maximum atomic E-state index is 12.9. The van der Waals surface area contributed by atoms with Crippen LogP contribution in [-0.4, -0.2) is 27.5 Å². The molecule has 21 heavy (non-hydrogen) atoms. The van der Waals surface area contributed by atoms with Crippen LogP contribution in [0.25, 0.3) is 0 Å². The van der Waals surface area contributed by atoms with Gasteiger partial charge in [0.15, 0.2) is 5.82 Å². The third kappa shape index (κ3) is 2.82. The standard InChI is InChI=1S/C14H16ClN3O2S/c1-9-7-21-12(11(9)15)14(19)18-6-4-2-3-5-10(18)13-16-8-20-17-13/h7-8,10H,2-6H2,1H3/t10-/m0/s1. The predicted octanol–water partition coefficient (Wildman–Crippen LogP) is 3.85. The van der Waals surface area contributed by atoms with Crippen LogP contribution in [-0.2, 0) is 0 Å². The lowest BCUT2D eigenvalue weighted by Gasteiger charge is -2.27. The molecule has 3 rings (SSSR count). The number of thiophene rings is 1. The Morgan fingerprint density at radius 2 is 2.33 bits per heavy atom. The third-order valence-electron chi connectivity index (χ3n) is 3.78. The van der Waals surface area contributed by atoms with Gasteiger partial charge in [-0.15, -0.1) is 11.3 Å². The molecule has 0 spiro atoms. The van der Waals surface area contributed by atoms with Gasteiger partial charge in [0.2, 0.25) is 6.39 Å². The summed E-state index contributed by atoms with van der Waals surface area (Å²) >= 11 is 7.65. The molecule has 0 aromatic carbocycles. The van der Waals surface area contributed by atoms with Crippen molar-refractivity contribution in [3.63, 3.8) is 0 Å². The van der Waals surface area contributed by atoms with Crippen molar-refractivity contribution in [3.8, 4) is 0 Å². The first kappa shape index (κ1) is 14.5. The average Bonchev–Trinajstić information content (AvgIpc) is 3.04. The summed E-state index contributed by atoms with van der Waals surface area (Å²) in [5.74, 6) is 0.546. The minimum atomic E-state index is -0.128.